The van der Waals surface area contributed by atoms with Crippen LogP contribution in [-0.2, 0) is 18.5 Å². The highest BCUT2D eigenvalue weighted by Crippen LogP contribution is 2.35. The maximum atomic E-state index is 12.3. The normalized spacial score (nSPS) is 11.2. The average Bonchev–Trinajstić information content (AvgIpc) is 2.84. The Morgan fingerprint density at radius 1 is 0.943 bits per heavy atom. The molecule has 0 saturated carbocycles. The number of benzene rings is 3. The number of nitro groups is 1. The van der Waals surface area contributed by atoms with E-state index in [1.54, 1.807) is 0 Å². The van der Waals surface area contributed by atoms with Crippen molar-refractivity contribution in [1.82, 2.24) is 9.97 Å². The predicted molar refractivity (Wildman–Crippen MR) is 139 cm³/mol. The molecule has 35 heavy (non-hydrogen) atoms. The van der Waals surface area contributed by atoms with Gasteiger partial charge in [-0.1, -0.05) is 87.5 Å². The van der Waals surface area contributed by atoms with E-state index in [1.807, 2.05) is 83.8 Å². The molecule has 4 rings (SSSR count). The lowest BCUT2D eigenvalue weighted by atomic mass is 9.87. The van der Waals surface area contributed by atoms with E-state index in [0.29, 0.717) is 18.8 Å². The lowest BCUT2D eigenvalue weighted by Gasteiger charge is -2.24. The Hall–Kier alpha value is -4.26. The van der Waals surface area contributed by atoms with E-state index in [9.17, 15) is 10.1 Å². The standard InChI is InChI=1S/C28H28N5O2/c1-28(2,3)23-15-10-16-24(17-23)31-26-25(33(34)35)27(30-20-29-26)32(18-21-11-6-4-7-12-21)19-22-13-8-5-9-14-22/h4-14,16-17,20H,18-19H2,1-3H3,(H,29,30,31). The Bertz CT molecular complexity index is 1250. The van der Waals surface area contributed by atoms with Crippen molar-refractivity contribution in [2.45, 2.75) is 39.3 Å². The monoisotopic (exact) mass is 466 g/mol. The van der Waals surface area contributed by atoms with Gasteiger partial charge in [0.05, 0.1) is 4.92 Å². The average molecular weight is 467 g/mol. The molecule has 7 nitrogen and oxygen atoms in total. The first kappa shape index (κ1) is 23.9. The molecule has 0 aliphatic heterocycles. The van der Waals surface area contributed by atoms with Crippen LogP contribution in [0.4, 0.5) is 23.0 Å². The Morgan fingerprint density at radius 2 is 1.54 bits per heavy atom. The summed E-state index contributed by atoms with van der Waals surface area (Å²) in [6, 6.07) is 28.5. The molecule has 0 atom stereocenters. The van der Waals surface area contributed by atoms with Crippen molar-refractivity contribution in [3.63, 3.8) is 0 Å². The maximum absolute atomic E-state index is 12.3. The molecule has 0 saturated heterocycles. The first-order valence-corrected chi connectivity index (χ1v) is 11.4. The number of rotatable bonds is 8. The summed E-state index contributed by atoms with van der Waals surface area (Å²) in [5.74, 6) is 0.413. The van der Waals surface area contributed by atoms with Gasteiger partial charge in [0.15, 0.2) is 0 Å². The van der Waals surface area contributed by atoms with Crippen LogP contribution < -0.4 is 10.2 Å². The number of nitrogens with zero attached hydrogens (tertiary/aromatic N) is 4. The van der Waals surface area contributed by atoms with Crippen molar-refractivity contribution in [1.29, 1.82) is 0 Å². The molecule has 1 radical (unpaired) electrons. The third-order valence-corrected chi connectivity index (χ3v) is 5.59. The molecule has 0 amide bonds. The molecule has 0 fully saturated rings. The minimum atomic E-state index is -0.416. The fraction of sp³-hybridized carbons (Fsp3) is 0.214. The molecule has 1 heterocycles. The van der Waals surface area contributed by atoms with Gasteiger partial charge in [-0.3, -0.25) is 10.1 Å². The van der Waals surface area contributed by atoms with Gasteiger partial charge < -0.3 is 10.2 Å². The molecule has 0 aliphatic rings. The maximum Gasteiger partial charge on any atom is 0.353 e. The zero-order chi connectivity index (χ0) is 24.8. The van der Waals surface area contributed by atoms with Crippen molar-refractivity contribution in [2.75, 3.05) is 10.2 Å². The summed E-state index contributed by atoms with van der Waals surface area (Å²) in [5, 5.41) is 15.5. The Morgan fingerprint density at radius 3 is 2.09 bits per heavy atom. The van der Waals surface area contributed by atoms with Gasteiger partial charge in [0.25, 0.3) is 0 Å². The lowest BCUT2D eigenvalue weighted by molar-refractivity contribution is -0.383. The van der Waals surface area contributed by atoms with Crippen molar-refractivity contribution in [3.05, 3.63) is 118 Å². The summed E-state index contributed by atoms with van der Waals surface area (Å²) in [6.07, 6.45) is 1.37. The van der Waals surface area contributed by atoms with Gasteiger partial charge in [0, 0.05) is 18.8 Å². The van der Waals surface area contributed by atoms with Crippen LogP contribution in [0.1, 0.15) is 37.5 Å². The Labute approximate surface area is 205 Å². The first-order valence-electron chi connectivity index (χ1n) is 11.4. The van der Waals surface area contributed by atoms with E-state index in [-0.39, 0.29) is 22.7 Å². The van der Waals surface area contributed by atoms with E-state index in [2.05, 4.69) is 42.1 Å². The number of aromatic nitrogens is 2. The van der Waals surface area contributed by atoms with Crippen LogP contribution in [-0.4, -0.2) is 14.9 Å². The second-order valence-corrected chi connectivity index (χ2v) is 9.34. The molecule has 1 aromatic heterocycles. The largest absolute Gasteiger partial charge is 0.353 e. The van der Waals surface area contributed by atoms with Crippen LogP contribution in [0.2, 0.25) is 0 Å². The Balaban J connectivity index is 1.75. The molecule has 177 valence electrons. The fourth-order valence-electron chi connectivity index (χ4n) is 3.79. The SMILES string of the molecule is CC(C)(C)c1[c]ccc(Nc2ncnc(N(Cc3ccccc3)Cc3ccccc3)c2[N+](=O)[O-])c1. The lowest BCUT2D eigenvalue weighted by Crippen LogP contribution is -2.24. The van der Waals surface area contributed by atoms with Gasteiger partial charge in [-0.25, -0.2) is 9.97 Å². The van der Waals surface area contributed by atoms with Crippen LogP contribution in [0.5, 0.6) is 0 Å². The second kappa shape index (κ2) is 10.3. The second-order valence-electron chi connectivity index (χ2n) is 9.34. The smallest absolute Gasteiger partial charge is 0.342 e. The quantitative estimate of drug-likeness (QED) is 0.238. The molecular formula is C28H28N5O2. The van der Waals surface area contributed by atoms with E-state index in [0.717, 1.165) is 16.7 Å². The van der Waals surface area contributed by atoms with Gasteiger partial charge in [-0.05, 0) is 40.3 Å². The summed E-state index contributed by atoms with van der Waals surface area (Å²) in [7, 11) is 0. The minimum absolute atomic E-state index is 0.109. The summed E-state index contributed by atoms with van der Waals surface area (Å²) in [5.41, 5.74) is 3.49. The number of anilines is 3. The highest BCUT2D eigenvalue weighted by Gasteiger charge is 2.28. The van der Waals surface area contributed by atoms with Crippen LogP contribution in [0.15, 0.2) is 85.2 Å². The van der Waals surface area contributed by atoms with Crippen LogP contribution in [0.3, 0.4) is 0 Å². The van der Waals surface area contributed by atoms with E-state index < -0.39 is 4.92 Å². The highest BCUT2D eigenvalue weighted by molar-refractivity contribution is 5.74. The molecule has 0 aliphatic carbocycles. The first-order chi connectivity index (χ1) is 16.8. The molecule has 1 N–H and O–H groups in total. The molecule has 7 heteroatoms. The summed E-state index contributed by atoms with van der Waals surface area (Å²) in [6.45, 7) is 7.21. The number of hydrogen-bond donors (Lipinski definition) is 1. The van der Waals surface area contributed by atoms with Crippen molar-refractivity contribution in [2.24, 2.45) is 0 Å². The minimum Gasteiger partial charge on any atom is -0.342 e. The van der Waals surface area contributed by atoms with E-state index >= 15 is 0 Å². The third-order valence-electron chi connectivity index (χ3n) is 5.59. The summed E-state index contributed by atoms with van der Waals surface area (Å²) < 4.78 is 0. The van der Waals surface area contributed by atoms with Crippen molar-refractivity contribution >= 4 is 23.0 Å². The predicted octanol–water partition coefficient (Wildman–Crippen LogP) is 6.43. The molecule has 0 unspecified atom stereocenters. The summed E-state index contributed by atoms with van der Waals surface area (Å²) in [4.78, 5) is 22.4. The number of hydrogen-bond acceptors (Lipinski definition) is 6. The molecular weight excluding hydrogens is 438 g/mol. The molecule has 3 aromatic carbocycles. The van der Waals surface area contributed by atoms with Crippen LogP contribution in [0, 0.1) is 16.2 Å². The third kappa shape index (κ3) is 6.00. The van der Waals surface area contributed by atoms with Crippen LogP contribution >= 0.6 is 0 Å². The van der Waals surface area contributed by atoms with E-state index in [4.69, 9.17) is 0 Å². The van der Waals surface area contributed by atoms with Gasteiger partial charge in [0.2, 0.25) is 11.6 Å². The summed E-state index contributed by atoms with van der Waals surface area (Å²) >= 11 is 0. The van der Waals surface area contributed by atoms with Gasteiger partial charge in [-0.15, -0.1) is 0 Å². The number of nitrogens with one attached hydrogen (secondary N) is 1. The van der Waals surface area contributed by atoms with Gasteiger partial charge in [-0.2, -0.15) is 0 Å². The highest BCUT2D eigenvalue weighted by atomic mass is 16.6. The van der Waals surface area contributed by atoms with Gasteiger partial charge in [0.1, 0.15) is 6.33 Å². The Kier molecular flexibility index (Phi) is 7.06. The van der Waals surface area contributed by atoms with E-state index in [1.165, 1.54) is 6.33 Å². The molecule has 0 bridgehead atoms. The zero-order valence-corrected chi connectivity index (χ0v) is 20.1. The molecule has 4 aromatic rings. The fourth-order valence-corrected chi connectivity index (χ4v) is 3.79. The van der Waals surface area contributed by atoms with Crippen molar-refractivity contribution < 1.29 is 4.92 Å². The zero-order valence-electron chi connectivity index (χ0n) is 20.1. The van der Waals surface area contributed by atoms with Crippen LogP contribution in [0.25, 0.3) is 0 Å². The van der Waals surface area contributed by atoms with Crippen molar-refractivity contribution in [3.8, 4) is 0 Å². The van der Waals surface area contributed by atoms with Gasteiger partial charge >= 0.3 is 5.69 Å². The topological polar surface area (TPSA) is 84.2 Å². The molecule has 0 spiro atoms.